The molecule has 2 aliphatic carbocycles. The summed E-state index contributed by atoms with van der Waals surface area (Å²) in [5, 5.41) is 0. The molecule has 0 aliphatic heterocycles. The summed E-state index contributed by atoms with van der Waals surface area (Å²) in [7, 11) is 0. The van der Waals surface area contributed by atoms with Crippen molar-refractivity contribution in [1.29, 1.82) is 0 Å². The predicted octanol–water partition coefficient (Wildman–Crippen LogP) is 2.49. The Bertz CT molecular complexity index is 335. The minimum atomic E-state index is -0.705. The summed E-state index contributed by atoms with van der Waals surface area (Å²) in [5.74, 6) is 0.137. The van der Waals surface area contributed by atoms with Gasteiger partial charge in [-0.15, -0.1) is 0 Å². The Balaban J connectivity index is 1.71. The van der Waals surface area contributed by atoms with Crippen molar-refractivity contribution >= 4 is 5.97 Å². The van der Waals surface area contributed by atoms with Crippen LogP contribution < -0.4 is 0 Å². The lowest BCUT2D eigenvalue weighted by atomic mass is 9.94. The molecular formula is C14H22O4. The molecule has 0 radical (unpaired) electrons. The Morgan fingerprint density at radius 3 is 2.61 bits per heavy atom. The highest BCUT2D eigenvalue weighted by molar-refractivity contribution is 5.74. The molecule has 3 atom stereocenters. The summed E-state index contributed by atoms with van der Waals surface area (Å²) in [4.78, 5) is 11.9. The molecule has 0 spiro atoms. The average Bonchev–Trinajstić information content (AvgIpc) is 2.90. The van der Waals surface area contributed by atoms with Crippen molar-refractivity contribution in [3.05, 3.63) is 12.2 Å². The maximum atomic E-state index is 11.9. The Labute approximate surface area is 108 Å². The first-order chi connectivity index (χ1) is 8.52. The molecule has 0 amide bonds. The van der Waals surface area contributed by atoms with Gasteiger partial charge in [0.1, 0.15) is 0 Å². The van der Waals surface area contributed by atoms with E-state index in [2.05, 4.69) is 12.2 Å². The van der Waals surface area contributed by atoms with E-state index in [4.69, 9.17) is 14.2 Å². The van der Waals surface area contributed by atoms with Crippen LogP contribution in [-0.4, -0.2) is 25.2 Å². The monoisotopic (exact) mass is 254 g/mol. The molecule has 2 aliphatic rings. The van der Waals surface area contributed by atoms with Crippen LogP contribution in [0.4, 0.5) is 0 Å². The van der Waals surface area contributed by atoms with Crippen molar-refractivity contribution in [2.24, 2.45) is 17.8 Å². The zero-order chi connectivity index (χ0) is 13.2. The summed E-state index contributed by atoms with van der Waals surface area (Å²) in [6.45, 7) is 6.05. The van der Waals surface area contributed by atoms with Gasteiger partial charge in [-0.25, -0.2) is 0 Å². The summed E-state index contributed by atoms with van der Waals surface area (Å²) in [6.07, 6.45) is 6.38. The number of hydrogen-bond donors (Lipinski definition) is 0. The van der Waals surface area contributed by atoms with E-state index >= 15 is 0 Å². The molecule has 1 saturated carbocycles. The fourth-order valence-corrected chi connectivity index (χ4v) is 2.78. The number of rotatable bonds is 6. The minimum Gasteiger partial charge on any atom is -0.438 e. The van der Waals surface area contributed by atoms with E-state index in [1.54, 1.807) is 0 Å². The van der Waals surface area contributed by atoms with Crippen LogP contribution in [0.3, 0.4) is 0 Å². The fourth-order valence-electron chi connectivity index (χ4n) is 2.78. The van der Waals surface area contributed by atoms with E-state index in [0.717, 1.165) is 12.8 Å². The van der Waals surface area contributed by atoms with E-state index in [-0.39, 0.29) is 18.7 Å². The third kappa shape index (κ3) is 3.12. The number of carbonyl (C=O) groups excluding carboxylic acids is 1. The molecule has 0 heterocycles. The highest BCUT2D eigenvalue weighted by Gasteiger charge is 2.40. The molecule has 4 heteroatoms. The number of ether oxygens (including phenoxy) is 3. The second-order valence-electron chi connectivity index (χ2n) is 5.45. The second kappa shape index (κ2) is 5.41. The van der Waals surface area contributed by atoms with Crippen molar-refractivity contribution in [2.75, 3.05) is 13.4 Å². The van der Waals surface area contributed by atoms with Crippen molar-refractivity contribution in [1.82, 2.24) is 0 Å². The third-order valence-corrected chi connectivity index (χ3v) is 3.68. The molecule has 102 valence electrons. The first-order valence-corrected chi connectivity index (χ1v) is 6.64. The average molecular weight is 254 g/mol. The number of esters is 1. The highest BCUT2D eigenvalue weighted by atomic mass is 16.8. The van der Waals surface area contributed by atoms with Gasteiger partial charge in [-0.3, -0.25) is 4.79 Å². The van der Waals surface area contributed by atoms with Crippen LogP contribution in [-0.2, 0) is 19.0 Å². The van der Waals surface area contributed by atoms with Crippen LogP contribution >= 0.6 is 0 Å². The van der Waals surface area contributed by atoms with Crippen LogP contribution in [0, 0.1) is 17.8 Å². The van der Waals surface area contributed by atoms with Crippen LogP contribution in [0.1, 0.15) is 33.6 Å². The van der Waals surface area contributed by atoms with Crippen LogP contribution in [0.15, 0.2) is 12.2 Å². The maximum Gasteiger partial charge on any atom is 0.311 e. The second-order valence-corrected chi connectivity index (χ2v) is 5.45. The molecule has 0 aromatic heterocycles. The van der Waals surface area contributed by atoms with E-state index < -0.39 is 5.79 Å². The molecule has 4 nitrogen and oxygen atoms in total. The number of carbonyl (C=O) groups is 1. The van der Waals surface area contributed by atoms with Crippen molar-refractivity contribution in [3.8, 4) is 0 Å². The van der Waals surface area contributed by atoms with Crippen molar-refractivity contribution < 1.29 is 19.0 Å². The van der Waals surface area contributed by atoms with Gasteiger partial charge in [-0.05, 0) is 45.4 Å². The molecule has 2 bridgehead atoms. The van der Waals surface area contributed by atoms with Crippen LogP contribution in [0.2, 0.25) is 0 Å². The standard InChI is InChI=1S/C14H22O4/c1-4-17-14(2,3)18-9-16-13(15)12-8-10-5-6-11(12)7-10/h5-6,10-12H,4,7-9H2,1-3H3. The topological polar surface area (TPSA) is 44.8 Å². The van der Waals surface area contributed by atoms with Crippen molar-refractivity contribution in [3.63, 3.8) is 0 Å². The maximum absolute atomic E-state index is 11.9. The first-order valence-electron chi connectivity index (χ1n) is 6.64. The molecule has 0 aromatic carbocycles. The van der Waals surface area contributed by atoms with Gasteiger partial charge in [-0.2, -0.15) is 0 Å². The van der Waals surface area contributed by atoms with Gasteiger partial charge < -0.3 is 14.2 Å². The van der Waals surface area contributed by atoms with Gasteiger partial charge in [0.15, 0.2) is 12.6 Å². The lowest BCUT2D eigenvalue weighted by molar-refractivity contribution is -0.248. The first kappa shape index (κ1) is 13.6. The predicted molar refractivity (Wildman–Crippen MR) is 66.6 cm³/mol. The summed E-state index contributed by atoms with van der Waals surface area (Å²) < 4.78 is 15.9. The Morgan fingerprint density at radius 2 is 2.06 bits per heavy atom. The molecule has 0 saturated heterocycles. The van der Waals surface area contributed by atoms with Crippen molar-refractivity contribution in [2.45, 2.75) is 39.4 Å². The zero-order valence-electron chi connectivity index (χ0n) is 11.3. The summed E-state index contributed by atoms with van der Waals surface area (Å²) in [6, 6.07) is 0. The SMILES string of the molecule is CCOC(C)(C)OCOC(=O)C1CC2C=CC1C2. The normalized spacial score (nSPS) is 29.8. The largest absolute Gasteiger partial charge is 0.438 e. The molecule has 1 fully saturated rings. The molecular weight excluding hydrogens is 232 g/mol. The van der Waals surface area contributed by atoms with E-state index in [9.17, 15) is 4.79 Å². The third-order valence-electron chi connectivity index (χ3n) is 3.68. The fraction of sp³-hybridized carbons (Fsp3) is 0.786. The smallest absolute Gasteiger partial charge is 0.311 e. The van der Waals surface area contributed by atoms with E-state index in [1.807, 2.05) is 20.8 Å². The zero-order valence-corrected chi connectivity index (χ0v) is 11.3. The lowest BCUT2D eigenvalue weighted by Gasteiger charge is -2.25. The number of allylic oxidation sites excluding steroid dienone is 2. The minimum absolute atomic E-state index is 0.0267. The molecule has 0 aromatic rings. The number of fused-ring (bicyclic) bond motifs is 2. The van der Waals surface area contributed by atoms with Crippen LogP contribution in [0.5, 0.6) is 0 Å². The Kier molecular flexibility index (Phi) is 4.07. The lowest BCUT2D eigenvalue weighted by Crippen LogP contribution is -2.31. The highest BCUT2D eigenvalue weighted by Crippen LogP contribution is 2.43. The molecule has 0 N–H and O–H groups in total. The van der Waals surface area contributed by atoms with E-state index in [0.29, 0.717) is 18.4 Å². The number of hydrogen-bond acceptors (Lipinski definition) is 4. The molecule has 18 heavy (non-hydrogen) atoms. The molecule has 3 unspecified atom stereocenters. The van der Waals surface area contributed by atoms with Gasteiger partial charge >= 0.3 is 5.97 Å². The summed E-state index contributed by atoms with van der Waals surface area (Å²) >= 11 is 0. The van der Waals surface area contributed by atoms with Gasteiger partial charge in [0.25, 0.3) is 0 Å². The summed E-state index contributed by atoms with van der Waals surface area (Å²) in [5.41, 5.74) is 0. The van der Waals surface area contributed by atoms with Crippen LogP contribution in [0.25, 0.3) is 0 Å². The quantitative estimate of drug-likeness (QED) is 0.415. The Hall–Kier alpha value is -0.870. The Morgan fingerprint density at radius 1 is 1.28 bits per heavy atom. The van der Waals surface area contributed by atoms with Gasteiger partial charge in [0.05, 0.1) is 5.92 Å². The van der Waals surface area contributed by atoms with E-state index in [1.165, 1.54) is 0 Å². The van der Waals surface area contributed by atoms with Gasteiger partial charge in [0.2, 0.25) is 0 Å². The van der Waals surface area contributed by atoms with Gasteiger partial charge in [-0.1, -0.05) is 12.2 Å². The van der Waals surface area contributed by atoms with Gasteiger partial charge in [0, 0.05) is 6.61 Å². The molecule has 2 rings (SSSR count).